The van der Waals surface area contributed by atoms with Gasteiger partial charge in [-0.15, -0.1) is 0 Å². The van der Waals surface area contributed by atoms with Gasteiger partial charge in [0.1, 0.15) is 0 Å². The van der Waals surface area contributed by atoms with E-state index < -0.39 is 0 Å². The molecule has 0 heterocycles. The fourth-order valence-electron chi connectivity index (χ4n) is 1.66. The molecule has 0 spiro atoms. The Morgan fingerprint density at radius 3 is 2.59 bits per heavy atom. The third-order valence-corrected chi connectivity index (χ3v) is 2.41. The Labute approximate surface area is 104 Å². The zero-order valence-corrected chi connectivity index (χ0v) is 11.3. The lowest BCUT2D eigenvalue weighted by Crippen LogP contribution is -2.28. The maximum Gasteiger partial charge on any atom is 0.238 e. The second-order valence-corrected chi connectivity index (χ2v) is 5.51. The van der Waals surface area contributed by atoms with E-state index in [0.29, 0.717) is 6.54 Å². The summed E-state index contributed by atoms with van der Waals surface area (Å²) in [6.07, 6.45) is 0. The molecule has 1 aromatic carbocycles. The molecule has 93 valence electrons. The fourth-order valence-corrected chi connectivity index (χ4v) is 1.66. The number of nitrogens with one attached hydrogen (secondary N) is 1. The number of hydrogen-bond donors (Lipinski definition) is 1. The quantitative estimate of drug-likeness (QED) is 0.868. The van der Waals surface area contributed by atoms with Crippen LogP contribution in [0.4, 0.5) is 5.69 Å². The van der Waals surface area contributed by atoms with Gasteiger partial charge in [-0.05, 0) is 37.2 Å². The van der Waals surface area contributed by atoms with Crippen molar-refractivity contribution >= 4 is 11.6 Å². The number of carbonyl (C=O) groups is 1. The van der Waals surface area contributed by atoms with Crippen molar-refractivity contribution in [3.8, 4) is 0 Å². The van der Waals surface area contributed by atoms with E-state index in [9.17, 15) is 4.79 Å². The van der Waals surface area contributed by atoms with Crippen LogP contribution in [-0.4, -0.2) is 31.4 Å². The number of hydrogen-bond acceptors (Lipinski definition) is 2. The Hall–Kier alpha value is -1.35. The van der Waals surface area contributed by atoms with Crippen molar-refractivity contribution < 1.29 is 4.79 Å². The molecule has 0 unspecified atom stereocenters. The molecule has 1 N–H and O–H groups in total. The molecule has 3 heteroatoms. The van der Waals surface area contributed by atoms with Crippen LogP contribution >= 0.6 is 0 Å². The first-order valence-electron chi connectivity index (χ1n) is 5.76. The van der Waals surface area contributed by atoms with Crippen LogP contribution in [0.25, 0.3) is 0 Å². The summed E-state index contributed by atoms with van der Waals surface area (Å²) in [6.45, 7) is 6.77. The first-order valence-corrected chi connectivity index (χ1v) is 5.76. The summed E-state index contributed by atoms with van der Waals surface area (Å²) >= 11 is 0. The van der Waals surface area contributed by atoms with Crippen LogP contribution in [0, 0.1) is 6.07 Å². The van der Waals surface area contributed by atoms with Crippen LogP contribution in [0.2, 0.25) is 0 Å². The van der Waals surface area contributed by atoms with Gasteiger partial charge in [0.2, 0.25) is 5.91 Å². The molecule has 0 aliphatic carbocycles. The zero-order valence-electron chi connectivity index (χ0n) is 11.3. The van der Waals surface area contributed by atoms with E-state index in [1.54, 1.807) is 0 Å². The van der Waals surface area contributed by atoms with Gasteiger partial charge >= 0.3 is 0 Å². The molecule has 0 saturated carbocycles. The minimum Gasteiger partial charge on any atom is -0.325 e. The van der Waals surface area contributed by atoms with Gasteiger partial charge in [-0.25, -0.2) is 0 Å². The molecule has 0 saturated heterocycles. The molecule has 17 heavy (non-hydrogen) atoms. The standard InChI is InChI=1S/C14H21N2O/c1-14(2,3)11-8-6-7-9-12(11)15-13(17)10-16(4)5/h6,8-9H,10H2,1-5H3,(H,15,17). The number of nitrogens with zero attached hydrogens (tertiary/aromatic N) is 1. The van der Waals surface area contributed by atoms with Crippen molar-refractivity contribution in [2.45, 2.75) is 26.2 Å². The molecule has 0 fully saturated rings. The van der Waals surface area contributed by atoms with Crippen LogP contribution in [0.15, 0.2) is 18.2 Å². The van der Waals surface area contributed by atoms with Crippen molar-refractivity contribution in [3.05, 3.63) is 29.8 Å². The number of rotatable bonds is 3. The average Bonchev–Trinajstić information content (AvgIpc) is 2.15. The molecule has 0 bridgehead atoms. The van der Waals surface area contributed by atoms with Gasteiger partial charge in [-0.2, -0.15) is 0 Å². The van der Waals surface area contributed by atoms with Crippen LogP contribution < -0.4 is 5.32 Å². The van der Waals surface area contributed by atoms with Gasteiger partial charge in [0.05, 0.1) is 6.54 Å². The molecule has 1 aromatic rings. The summed E-state index contributed by atoms with van der Waals surface area (Å²) < 4.78 is 0. The molecule has 3 nitrogen and oxygen atoms in total. The highest BCUT2D eigenvalue weighted by Crippen LogP contribution is 2.28. The van der Waals surface area contributed by atoms with Crippen LogP contribution in [-0.2, 0) is 10.2 Å². The molecule has 0 aliphatic heterocycles. The third-order valence-electron chi connectivity index (χ3n) is 2.41. The lowest BCUT2D eigenvalue weighted by Gasteiger charge is -2.23. The Balaban J connectivity index is 2.88. The van der Waals surface area contributed by atoms with E-state index >= 15 is 0 Å². The first kappa shape index (κ1) is 13.7. The van der Waals surface area contributed by atoms with Gasteiger partial charge in [0.15, 0.2) is 0 Å². The highest BCUT2D eigenvalue weighted by molar-refractivity contribution is 5.93. The summed E-state index contributed by atoms with van der Waals surface area (Å²) in [4.78, 5) is 13.6. The molecule has 1 radical (unpaired) electrons. The van der Waals surface area contributed by atoms with E-state index in [0.717, 1.165) is 11.3 Å². The minimum absolute atomic E-state index is 0.0000926. The number of carbonyl (C=O) groups excluding carboxylic acids is 1. The van der Waals surface area contributed by atoms with Crippen molar-refractivity contribution in [1.82, 2.24) is 4.90 Å². The average molecular weight is 233 g/mol. The molecular weight excluding hydrogens is 212 g/mol. The van der Waals surface area contributed by atoms with E-state index in [1.165, 1.54) is 0 Å². The third kappa shape index (κ3) is 4.19. The van der Waals surface area contributed by atoms with Gasteiger partial charge in [-0.1, -0.05) is 32.9 Å². The van der Waals surface area contributed by atoms with Gasteiger partial charge in [0.25, 0.3) is 0 Å². The molecule has 0 aliphatic rings. The fraction of sp³-hybridized carbons (Fsp3) is 0.500. The van der Waals surface area contributed by atoms with Gasteiger partial charge in [0, 0.05) is 5.69 Å². The summed E-state index contributed by atoms with van der Waals surface area (Å²) in [6, 6.07) is 8.71. The van der Waals surface area contributed by atoms with Crippen LogP contribution in [0.3, 0.4) is 0 Å². The normalized spacial score (nSPS) is 11.6. The Morgan fingerprint density at radius 1 is 1.41 bits per heavy atom. The van der Waals surface area contributed by atoms with E-state index in [1.807, 2.05) is 37.2 Å². The zero-order chi connectivity index (χ0) is 13.1. The second-order valence-electron chi connectivity index (χ2n) is 5.51. The molecule has 1 rings (SSSR count). The first-order chi connectivity index (χ1) is 7.80. The number of amides is 1. The largest absolute Gasteiger partial charge is 0.325 e. The van der Waals surface area contributed by atoms with Crippen molar-refractivity contribution in [2.24, 2.45) is 0 Å². The molecular formula is C14H21N2O. The molecule has 1 amide bonds. The molecule has 0 aromatic heterocycles. The topological polar surface area (TPSA) is 32.3 Å². The summed E-state index contributed by atoms with van der Waals surface area (Å²) in [7, 11) is 3.75. The number of likely N-dealkylation sites (N-methyl/N-ethyl adjacent to an activating group) is 1. The predicted molar refractivity (Wildman–Crippen MR) is 71.2 cm³/mol. The second kappa shape index (κ2) is 5.32. The Bertz CT molecular complexity index is 391. The number of benzene rings is 1. The van der Waals surface area contributed by atoms with Crippen LogP contribution in [0.5, 0.6) is 0 Å². The highest BCUT2D eigenvalue weighted by atomic mass is 16.2. The number of anilines is 1. The Morgan fingerprint density at radius 2 is 2.06 bits per heavy atom. The van der Waals surface area contributed by atoms with Crippen molar-refractivity contribution in [3.63, 3.8) is 0 Å². The van der Waals surface area contributed by atoms with Crippen LogP contribution in [0.1, 0.15) is 26.3 Å². The SMILES string of the molecule is CN(C)CC(=O)Nc1c[c]ccc1C(C)(C)C. The maximum atomic E-state index is 11.7. The minimum atomic E-state index is 0.0000926. The van der Waals surface area contributed by atoms with E-state index in [-0.39, 0.29) is 11.3 Å². The Kier molecular flexibility index (Phi) is 4.29. The smallest absolute Gasteiger partial charge is 0.238 e. The van der Waals surface area contributed by atoms with Crippen molar-refractivity contribution in [2.75, 3.05) is 26.0 Å². The monoisotopic (exact) mass is 233 g/mol. The lowest BCUT2D eigenvalue weighted by atomic mass is 9.86. The summed E-state index contributed by atoms with van der Waals surface area (Å²) in [5, 5.41) is 2.94. The van der Waals surface area contributed by atoms with Crippen molar-refractivity contribution in [1.29, 1.82) is 0 Å². The highest BCUT2D eigenvalue weighted by Gasteiger charge is 2.18. The molecule has 0 atom stereocenters. The van der Waals surface area contributed by atoms with Gasteiger partial charge in [-0.3, -0.25) is 4.79 Å². The lowest BCUT2D eigenvalue weighted by molar-refractivity contribution is -0.116. The predicted octanol–water partition coefficient (Wildman–Crippen LogP) is 2.28. The van der Waals surface area contributed by atoms with Gasteiger partial charge < -0.3 is 10.2 Å². The van der Waals surface area contributed by atoms with E-state index in [2.05, 4.69) is 32.2 Å². The van der Waals surface area contributed by atoms with E-state index in [4.69, 9.17) is 0 Å². The summed E-state index contributed by atoms with van der Waals surface area (Å²) in [5.74, 6) is 0.0000926. The summed E-state index contributed by atoms with van der Waals surface area (Å²) in [5.41, 5.74) is 1.99. The maximum absolute atomic E-state index is 11.7.